The molecule has 0 amide bonds. The van der Waals surface area contributed by atoms with Crippen molar-refractivity contribution in [2.75, 3.05) is 6.54 Å². The second-order valence-corrected chi connectivity index (χ2v) is 4.66. The van der Waals surface area contributed by atoms with Crippen LogP contribution in [-0.4, -0.2) is 23.5 Å². The minimum absolute atomic E-state index is 0.729. The molecule has 1 atom stereocenters. The van der Waals surface area contributed by atoms with Crippen LogP contribution in [0.5, 0.6) is 0 Å². The molecule has 1 fully saturated rings. The van der Waals surface area contributed by atoms with E-state index in [1.54, 1.807) is 5.57 Å². The molecule has 2 rings (SSSR count). The second kappa shape index (κ2) is 3.83. The van der Waals surface area contributed by atoms with E-state index in [1.807, 2.05) is 0 Å². The maximum absolute atomic E-state index is 2.69. The summed E-state index contributed by atoms with van der Waals surface area (Å²) in [6.45, 7) is 5.98. The molecule has 0 spiro atoms. The summed E-state index contributed by atoms with van der Waals surface area (Å²) in [5.41, 5.74) is 1.74. The van der Waals surface area contributed by atoms with Crippen LogP contribution in [0.1, 0.15) is 46.0 Å². The summed E-state index contributed by atoms with van der Waals surface area (Å²) in [5.74, 6) is 0. The zero-order chi connectivity index (χ0) is 9.26. The molecule has 0 saturated carbocycles. The Balaban J connectivity index is 2.13. The van der Waals surface area contributed by atoms with Crippen molar-refractivity contribution >= 4 is 0 Å². The van der Waals surface area contributed by atoms with Gasteiger partial charge >= 0.3 is 0 Å². The van der Waals surface area contributed by atoms with Crippen LogP contribution in [0.2, 0.25) is 0 Å². The average molecular weight is 179 g/mol. The third kappa shape index (κ3) is 1.80. The quantitative estimate of drug-likeness (QED) is 0.559. The Morgan fingerprint density at radius 3 is 3.00 bits per heavy atom. The van der Waals surface area contributed by atoms with E-state index >= 15 is 0 Å². The zero-order valence-electron chi connectivity index (χ0n) is 8.92. The Bertz CT molecular complexity index is 205. The van der Waals surface area contributed by atoms with Crippen LogP contribution in [-0.2, 0) is 0 Å². The van der Waals surface area contributed by atoms with Gasteiger partial charge in [-0.25, -0.2) is 0 Å². The first-order chi connectivity index (χ1) is 6.29. The van der Waals surface area contributed by atoms with Crippen molar-refractivity contribution in [2.45, 2.75) is 58.0 Å². The van der Waals surface area contributed by atoms with Gasteiger partial charge in [-0.15, -0.1) is 0 Å². The molecule has 0 aromatic rings. The smallest absolute Gasteiger partial charge is 0.0310 e. The number of piperidine rings is 1. The highest BCUT2D eigenvalue weighted by atomic mass is 15.2. The third-order valence-corrected chi connectivity index (χ3v) is 3.46. The predicted molar refractivity (Wildman–Crippen MR) is 56.8 cm³/mol. The van der Waals surface area contributed by atoms with Gasteiger partial charge in [-0.3, -0.25) is 4.90 Å². The number of fused-ring (bicyclic) bond motifs is 1. The minimum atomic E-state index is 0.729. The Hall–Kier alpha value is -0.300. The van der Waals surface area contributed by atoms with Crippen LogP contribution < -0.4 is 0 Å². The van der Waals surface area contributed by atoms with Gasteiger partial charge < -0.3 is 0 Å². The first-order valence-corrected chi connectivity index (χ1v) is 5.73. The zero-order valence-corrected chi connectivity index (χ0v) is 8.92. The van der Waals surface area contributed by atoms with Crippen molar-refractivity contribution in [1.82, 2.24) is 4.90 Å². The van der Waals surface area contributed by atoms with E-state index in [0.717, 1.165) is 12.1 Å². The van der Waals surface area contributed by atoms with E-state index in [0.29, 0.717) is 0 Å². The monoisotopic (exact) mass is 179 g/mol. The van der Waals surface area contributed by atoms with Gasteiger partial charge in [0.15, 0.2) is 0 Å². The van der Waals surface area contributed by atoms with Crippen molar-refractivity contribution in [3.8, 4) is 0 Å². The van der Waals surface area contributed by atoms with Crippen LogP contribution in [0.15, 0.2) is 11.6 Å². The predicted octanol–water partition coefficient (Wildman–Crippen LogP) is 2.97. The van der Waals surface area contributed by atoms with Gasteiger partial charge in [-0.05, 0) is 52.5 Å². The van der Waals surface area contributed by atoms with Crippen molar-refractivity contribution in [3.63, 3.8) is 0 Å². The van der Waals surface area contributed by atoms with Gasteiger partial charge in [0.1, 0.15) is 0 Å². The number of hydrogen-bond acceptors (Lipinski definition) is 1. The molecule has 1 saturated heterocycles. The van der Waals surface area contributed by atoms with Gasteiger partial charge in [-0.2, -0.15) is 0 Å². The van der Waals surface area contributed by atoms with Crippen LogP contribution >= 0.6 is 0 Å². The maximum atomic E-state index is 2.69. The van der Waals surface area contributed by atoms with Gasteiger partial charge in [0, 0.05) is 12.1 Å². The van der Waals surface area contributed by atoms with Gasteiger partial charge in [0.2, 0.25) is 0 Å². The molecule has 13 heavy (non-hydrogen) atoms. The Kier molecular flexibility index (Phi) is 2.73. The standard InChI is InChI=1S/C12H21N/c1-10(2)13-9-5-7-11-6-3-4-8-12(11)13/h6,10,12H,3-5,7-9H2,1-2H3. The molecule has 1 aliphatic heterocycles. The lowest BCUT2D eigenvalue weighted by Crippen LogP contribution is -2.45. The highest BCUT2D eigenvalue weighted by molar-refractivity contribution is 5.16. The summed E-state index contributed by atoms with van der Waals surface area (Å²) in [6.07, 6.45) is 9.39. The molecule has 1 heterocycles. The maximum Gasteiger partial charge on any atom is 0.0310 e. The van der Waals surface area contributed by atoms with E-state index < -0.39 is 0 Å². The number of allylic oxidation sites excluding steroid dienone is 1. The van der Waals surface area contributed by atoms with E-state index in [-0.39, 0.29) is 0 Å². The first-order valence-electron chi connectivity index (χ1n) is 5.73. The van der Waals surface area contributed by atoms with Gasteiger partial charge in [-0.1, -0.05) is 11.6 Å². The fourth-order valence-electron chi connectivity index (χ4n) is 2.81. The molecule has 74 valence electrons. The van der Waals surface area contributed by atoms with Crippen molar-refractivity contribution in [1.29, 1.82) is 0 Å². The van der Waals surface area contributed by atoms with Crippen LogP contribution in [0.25, 0.3) is 0 Å². The SMILES string of the molecule is CC(C)N1CCCC2=CCCCC21. The topological polar surface area (TPSA) is 3.24 Å². The summed E-state index contributed by atoms with van der Waals surface area (Å²) in [4.78, 5) is 2.69. The van der Waals surface area contributed by atoms with Crippen molar-refractivity contribution < 1.29 is 0 Å². The molecule has 1 heteroatoms. The lowest BCUT2D eigenvalue weighted by molar-refractivity contribution is 0.136. The van der Waals surface area contributed by atoms with E-state index in [2.05, 4.69) is 24.8 Å². The number of likely N-dealkylation sites (tertiary alicyclic amines) is 1. The van der Waals surface area contributed by atoms with Crippen LogP contribution in [0, 0.1) is 0 Å². The normalized spacial score (nSPS) is 30.1. The number of nitrogens with zero attached hydrogens (tertiary/aromatic N) is 1. The molecule has 1 nitrogen and oxygen atoms in total. The first kappa shape index (κ1) is 9.26. The fourth-order valence-corrected chi connectivity index (χ4v) is 2.81. The lowest BCUT2D eigenvalue weighted by atomic mass is 9.86. The van der Waals surface area contributed by atoms with Gasteiger partial charge in [0.05, 0.1) is 0 Å². The fraction of sp³-hybridized carbons (Fsp3) is 0.833. The summed E-state index contributed by atoms with van der Waals surface area (Å²) in [5, 5.41) is 0. The van der Waals surface area contributed by atoms with Crippen molar-refractivity contribution in [2.24, 2.45) is 0 Å². The molecule has 1 aliphatic carbocycles. The molecule has 0 aromatic carbocycles. The lowest BCUT2D eigenvalue weighted by Gasteiger charge is -2.42. The molecular weight excluding hydrogens is 158 g/mol. The van der Waals surface area contributed by atoms with E-state index in [9.17, 15) is 0 Å². The molecule has 2 aliphatic rings. The van der Waals surface area contributed by atoms with Gasteiger partial charge in [0.25, 0.3) is 0 Å². The third-order valence-electron chi connectivity index (χ3n) is 3.46. The summed E-state index contributed by atoms with van der Waals surface area (Å²) >= 11 is 0. The minimum Gasteiger partial charge on any atom is -0.294 e. The van der Waals surface area contributed by atoms with E-state index in [4.69, 9.17) is 0 Å². The van der Waals surface area contributed by atoms with Crippen LogP contribution in [0.4, 0.5) is 0 Å². The van der Waals surface area contributed by atoms with E-state index in [1.165, 1.54) is 38.6 Å². The highest BCUT2D eigenvalue weighted by Crippen LogP contribution is 2.31. The summed E-state index contributed by atoms with van der Waals surface area (Å²) < 4.78 is 0. The molecule has 0 aromatic heterocycles. The summed E-state index contributed by atoms with van der Waals surface area (Å²) in [6, 6.07) is 1.54. The Morgan fingerprint density at radius 2 is 2.23 bits per heavy atom. The molecule has 1 unspecified atom stereocenters. The van der Waals surface area contributed by atoms with Crippen LogP contribution in [0.3, 0.4) is 0 Å². The second-order valence-electron chi connectivity index (χ2n) is 4.66. The Labute approximate surface area is 81.8 Å². The molecule has 0 bridgehead atoms. The number of hydrogen-bond donors (Lipinski definition) is 0. The Morgan fingerprint density at radius 1 is 1.38 bits per heavy atom. The van der Waals surface area contributed by atoms with Crippen molar-refractivity contribution in [3.05, 3.63) is 11.6 Å². The largest absolute Gasteiger partial charge is 0.294 e. The molecular formula is C12H21N. The molecule has 0 radical (unpaired) electrons. The number of rotatable bonds is 1. The molecule has 0 N–H and O–H groups in total. The highest BCUT2D eigenvalue weighted by Gasteiger charge is 2.28. The summed E-state index contributed by atoms with van der Waals surface area (Å²) in [7, 11) is 0. The average Bonchev–Trinajstić information content (AvgIpc) is 2.17.